The minimum atomic E-state index is -0.0856. The van der Waals surface area contributed by atoms with Crippen molar-refractivity contribution in [3.8, 4) is 38.6 Å². The van der Waals surface area contributed by atoms with Gasteiger partial charge >= 0.3 is 0 Å². The second-order valence-electron chi connectivity index (χ2n) is 14.9. The van der Waals surface area contributed by atoms with Crippen LogP contribution in [-0.2, 0) is 37.3 Å². The molecule has 2 heterocycles. The van der Waals surface area contributed by atoms with Gasteiger partial charge in [0.1, 0.15) is 5.75 Å². The Labute approximate surface area is 286 Å². The number of hydrogen-bond donors (Lipinski definition) is 1. The summed E-state index contributed by atoms with van der Waals surface area (Å²) in [5.74, 6) is 0.255. The molecular weight excluding hydrogens is 752 g/mol. The standard InChI is InChI=1S/C40H41N2OS.Pt/c1-38(2,3)26-20-24(30-22-27(39(4,5)6)23-31-32(40(7,8)9)17-18-41-35(30)31)19-25(21-26)37-42-36-29(14-12-16-34(36)44-37)28-13-10-11-15-33(28)43;/h10-18,20-23,43H,1-9H3;/q-1;. The fourth-order valence-electron chi connectivity index (χ4n) is 5.79. The van der Waals surface area contributed by atoms with Crippen LogP contribution in [0.2, 0.25) is 0 Å². The van der Waals surface area contributed by atoms with Crippen molar-refractivity contribution in [3.05, 3.63) is 102 Å². The predicted octanol–water partition coefficient (Wildman–Crippen LogP) is 11.2. The number of rotatable bonds is 3. The monoisotopic (exact) mass is 792 g/mol. The molecule has 234 valence electrons. The number of hydrogen-bond acceptors (Lipinski definition) is 4. The number of para-hydroxylation sites is 2. The maximum absolute atomic E-state index is 10.6. The molecule has 0 bridgehead atoms. The van der Waals surface area contributed by atoms with Crippen LogP contribution in [0, 0.1) is 6.07 Å². The zero-order chi connectivity index (χ0) is 31.6. The van der Waals surface area contributed by atoms with Gasteiger partial charge in [0.25, 0.3) is 0 Å². The molecule has 6 aromatic rings. The van der Waals surface area contributed by atoms with Crippen LogP contribution in [0.3, 0.4) is 0 Å². The van der Waals surface area contributed by atoms with E-state index in [1.54, 1.807) is 17.4 Å². The Balaban J connectivity index is 0.00000400. The molecule has 0 atom stereocenters. The molecule has 0 saturated carbocycles. The number of thiazole rings is 1. The molecule has 6 rings (SSSR count). The fourth-order valence-corrected chi connectivity index (χ4v) is 6.76. The number of nitrogens with zero attached hydrogens (tertiary/aromatic N) is 2. The maximum Gasteiger partial charge on any atom is 0.123 e. The maximum atomic E-state index is 10.6. The van der Waals surface area contributed by atoms with Gasteiger partial charge in [-0.15, -0.1) is 29.3 Å². The van der Waals surface area contributed by atoms with E-state index < -0.39 is 0 Å². The zero-order valence-electron chi connectivity index (χ0n) is 27.6. The molecule has 0 amide bonds. The van der Waals surface area contributed by atoms with E-state index >= 15 is 0 Å². The SMILES string of the molecule is CC(C)(C)c1cc(-c2nc3c(-c4ccccc4O)cccc3s2)[c-]c(-c2cc(C(C)(C)C)cc3c(C(C)(C)C)ccnc23)c1.[Pt]. The first-order valence-corrected chi connectivity index (χ1v) is 16.1. The summed E-state index contributed by atoms with van der Waals surface area (Å²) in [5, 5.41) is 12.7. The summed E-state index contributed by atoms with van der Waals surface area (Å²) in [5.41, 5.74) is 10.4. The van der Waals surface area contributed by atoms with Gasteiger partial charge in [0.2, 0.25) is 0 Å². The average molecular weight is 793 g/mol. The average Bonchev–Trinajstić information content (AvgIpc) is 3.40. The van der Waals surface area contributed by atoms with E-state index in [1.807, 2.05) is 36.5 Å². The summed E-state index contributed by atoms with van der Waals surface area (Å²) in [6, 6.07) is 28.8. The smallest absolute Gasteiger partial charge is 0.123 e. The first-order valence-electron chi connectivity index (χ1n) is 15.3. The van der Waals surface area contributed by atoms with Gasteiger partial charge in [0.05, 0.1) is 10.5 Å². The van der Waals surface area contributed by atoms with E-state index in [0.717, 1.165) is 48.6 Å². The minimum Gasteiger partial charge on any atom is -0.507 e. The Kier molecular flexibility index (Phi) is 8.66. The molecule has 0 radical (unpaired) electrons. The quantitative estimate of drug-likeness (QED) is 0.182. The van der Waals surface area contributed by atoms with Crippen molar-refractivity contribution < 1.29 is 26.2 Å². The van der Waals surface area contributed by atoms with Crippen molar-refractivity contribution in [1.82, 2.24) is 9.97 Å². The van der Waals surface area contributed by atoms with Crippen molar-refractivity contribution in [2.24, 2.45) is 0 Å². The Hall–Kier alpha value is -3.33. The van der Waals surface area contributed by atoms with Crippen LogP contribution in [0.15, 0.2) is 79.0 Å². The molecule has 0 spiro atoms. The Bertz CT molecular complexity index is 2040. The van der Waals surface area contributed by atoms with Gasteiger partial charge in [-0.2, -0.15) is 11.3 Å². The van der Waals surface area contributed by atoms with Crippen LogP contribution >= 0.6 is 11.3 Å². The van der Waals surface area contributed by atoms with E-state index in [4.69, 9.17) is 9.97 Å². The number of pyridine rings is 1. The molecule has 45 heavy (non-hydrogen) atoms. The minimum absolute atomic E-state index is 0. The topological polar surface area (TPSA) is 46.0 Å². The number of phenolic OH excluding ortho intramolecular Hbond substituents is 1. The third kappa shape index (κ3) is 6.37. The molecule has 2 aromatic heterocycles. The predicted molar refractivity (Wildman–Crippen MR) is 188 cm³/mol. The summed E-state index contributed by atoms with van der Waals surface area (Å²) < 4.78 is 1.08. The summed E-state index contributed by atoms with van der Waals surface area (Å²) in [4.78, 5) is 10.2. The van der Waals surface area contributed by atoms with Crippen LogP contribution in [0.4, 0.5) is 0 Å². The Morgan fingerprint density at radius 1 is 0.644 bits per heavy atom. The zero-order valence-corrected chi connectivity index (χ0v) is 30.7. The first kappa shape index (κ1) is 33.0. The van der Waals surface area contributed by atoms with Crippen molar-refractivity contribution >= 4 is 32.5 Å². The van der Waals surface area contributed by atoms with E-state index in [0.29, 0.717) is 0 Å². The van der Waals surface area contributed by atoms with Gasteiger partial charge in [-0.05, 0) is 51.0 Å². The molecule has 0 aliphatic rings. The summed E-state index contributed by atoms with van der Waals surface area (Å²) in [7, 11) is 0. The van der Waals surface area contributed by atoms with Crippen molar-refractivity contribution in [2.45, 2.75) is 78.6 Å². The molecule has 1 N–H and O–H groups in total. The third-order valence-electron chi connectivity index (χ3n) is 8.39. The molecule has 3 nitrogen and oxygen atoms in total. The first-order chi connectivity index (χ1) is 20.6. The molecule has 0 aliphatic carbocycles. The van der Waals surface area contributed by atoms with E-state index in [1.165, 1.54) is 22.1 Å². The molecule has 0 unspecified atom stereocenters. The van der Waals surface area contributed by atoms with Crippen LogP contribution in [0.5, 0.6) is 5.75 Å². The summed E-state index contributed by atoms with van der Waals surface area (Å²) in [6.45, 7) is 20.4. The largest absolute Gasteiger partial charge is 0.507 e. The van der Waals surface area contributed by atoms with Gasteiger partial charge in [0.15, 0.2) is 0 Å². The second-order valence-corrected chi connectivity index (χ2v) is 15.9. The van der Waals surface area contributed by atoms with Gasteiger partial charge in [0, 0.05) is 48.6 Å². The van der Waals surface area contributed by atoms with Gasteiger partial charge in [-0.1, -0.05) is 116 Å². The van der Waals surface area contributed by atoms with Crippen molar-refractivity contribution in [1.29, 1.82) is 0 Å². The molecule has 5 heteroatoms. The van der Waals surface area contributed by atoms with Crippen LogP contribution in [0.25, 0.3) is 53.9 Å². The molecule has 0 saturated heterocycles. The number of aromatic nitrogens is 2. The van der Waals surface area contributed by atoms with Gasteiger partial charge in [-0.25, -0.2) is 0 Å². The normalized spacial score (nSPS) is 12.5. The van der Waals surface area contributed by atoms with Crippen molar-refractivity contribution in [3.63, 3.8) is 0 Å². The van der Waals surface area contributed by atoms with E-state index in [9.17, 15) is 5.11 Å². The van der Waals surface area contributed by atoms with Gasteiger partial charge in [-0.3, -0.25) is 9.97 Å². The summed E-state index contributed by atoms with van der Waals surface area (Å²) >= 11 is 1.67. The Morgan fingerprint density at radius 2 is 1.29 bits per heavy atom. The molecule has 0 aliphatic heterocycles. The summed E-state index contributed by atoms with van der Waals surface area (Å²) in [6.07, 6.45) is 1.95. The van der Waals surface area contributed by atoms with Gasteiger partial charge < -0.3 is 5.11 Å². The number of aromatic hydroxyl groups is 1. The fraction of sp³-hybridized carbons (Fsp3) is 0.300. The van der Waals surface area contributed by atoms with E-state index in [-0.39, 0.29) is 43.1 Å². The molecule has 4 aromatic carbocycles. The van der Waals surface area contributed by atoms with Crippen LogP contribution in [0.1, 0.15) is 79.0 Å². The number of phenols is 1. The van der Waals surface area contributed by atoms with Crippen LogP contribution < -0.4 is 0 Å². The number of benzene rings is 4. The number of fused-ring (bicyclic) bond motifs is 2. The van der Waals surface area contributed by atoms with Crippen molar-refractivity contribution in [2.75, 3.05) is 0 Å². The van der Waals surface area contributed by atoms with E-state index in [2.05, 4.69) is 105 Å². The Morgan fingerprint density at radius 3 is 1.96 bits per heavy atom. The third-order valence-corrected chi connectivity index (χ3v) is 9.44. The molecular formula is C40H41N2OPtS-. The second kappa shape index (κ2) is 11.8. The van der Waals surface area contributed by atoms with Crippen LogP contribution in [-0.4, -0.2) is 15.1 Å². The molecule has 0 fully saturated rings.